The molecule has 1 aliphatic heterocycles. The number of amides is 2. The molecule has 8 heteroatoms. The van der Waals surface area contributed by atoms with Gasteiger partial charge in [0.05, 0.1) is 5.69 Å². The molecule has 1 saturated heterocycles. The predicted molar refractivity (Wildman–Crippen MR) is 101 cm³/mol. The fraction of sp³-hybridized carbons (Fsp3) is 0.400. The van der Waals surface area contributed by atoms with Crippen LogP contribution in [-0.4, -0.2) is 45.5 Å². The third kappa shape index (κ3) is 4.21. The van der Waals surface area contributed by atoms with Gasteiger partial charge in [0.15, 0.2) is 0 Å². The van der Waals surface area contributed by atoms with E-state index in [2.05, 4.69) is 10.5 Å². The number of aliphatic carboxylic acids is 1. The summed E-state index contributed by atoms with van der Waals surface area (Å²) in [4.78, 5) is 38.0. The number of aromatic nitrogens is 1. The number of anilines is 1. The van der Waals surface area contributed by atoms with Crippen LogP contribution in [0.25, 0.3) is 0 Å². The van der Waals surface area contributed by atoms with Crippen LogP contribution < -0.4 is 5.32 Å². The van der Waals surface area contributed by atoms with E-state index in [4.69, 9.17) is 4.52 Å². The van der Waals surface area contributed by atoms with E-state index < -0.39 is 17.9 Å². The second-order valence-electron chi connectivity index (χ2n) is 7.15. The molecule has 1 unspecified atom stereocenters. The Hall–Kier alpha value is -3.16. The highest BCUT2D eigenvalue weighted by atomic mass is 16.5. The predicted octanol–water partition coefficient (Wildman–Crippen LogP) is 3.13. The van der Waals surface area contributed by atoms with Gasteiger partial charge in [-0.2, -0.15) is 0 Å². The van der Waals surface area contributed by atoms with Crippen molar-refractivity contribution < 1.29 is 24.0 Å². The smallest absolute Gasteiger partial charge is 0.326 e. The second kappa shape index (κ2) is 8.24. The van der Waals surface area contributed by atoms with Crippen molar-refractivity contribution in [1.82, 2.24) is 10.1 Å². The van der Waals surface area contributed by atoms with Crippen LogP contribution in [0.15, 0.2) is 34.9 Å². The lowest BCUT2D eigenvalue weighted by molar-refractivity contribution is -0.143. The van der Waals surface area contributed by atoms with E-state index in [1.807, 2.05) is 13.8 Å². The lowest BCUT2D eigenvalue weighted by atomic mass is 10.0. The average Bonchev–Trinajstić information content (AvgIpc) is 3.18. The van der Waals surface area contributed by atoms with Gasteiger partial charge in [0.2, 0.25) is 5.76 Å². The number of carboxylic acid groups (broad SMARTS) is 1. The number of piperidine rings is 1. The number of rotatable bonds is 5. The molecule has 0 spiro atoms. The Morgan fingerprint density at radius 3 is 2.71 bits per heavy atom. The van der Waals surface area contributed by atoms with Crippen molar-refractivity contribution in [3.8, 4) is 0 Å². The molecule has 0 aliphatic carbocycles. The van der Waals surface area contributed by atoms with Gasteiger partial charge >= 0.3 is 5.97 Å². The second-order valence-corrected chi connectivity index (χ2v) is 7.15. The molecule has 0 saturated carbocycles. The summed E-state index contributed by atoms with van der Waals surface area (Å²) in [6, 6.07) is 7.20. The lowest BCUT2D eigenvalue weighted by Crippen LogP contribution is -2.48. The van der Waals surface area contributed by atoms with Gasteiger partial charge in [0.25, 0.3) is 11.8 Å². The summed E-state index contributed by atoms with van der Waals surface area (Å²) in [5.74, 6) is -1.60. The summed E-state index contributed by atoms with van der Waals surface area (Å²) in [5.41, 5.74) is 1.42. The molecule has 2 amide bonds. The number of hydrogen-bond acceptors (Lipinski definition) is 5. The third-order valence-electron chi connectivity index (χ3n) is 4.76. The minimum Gasteiger partial charge on any atom is -0.480 e. The molecule has 8 nitrogen and oxygen atoms in total. The third-order valence-corrected chi connectivity index (χ3v) is 4.76. The van der Waals surface area contributed by atoms with E-state index in [1.165, 1.54) is 11.0 Å². The van der Waals surface area contributed by atoms with Crippen LogP contribution in [0, 0.1) is 0 Å². The summed E-state index contributed by atoms with van der Waals surface area (Å²) < 4.78 is 5.07. The standard InChI is InChI=1S/C20H23N3O5/c1-12(2)15-11-17(28-22-15)18(24)21-14-7-5-6-13(10-14)19(25)23-9-4-3-8-16(23)20(26)27/h5-7,10-12,16H,3-4,8-9H2,1-2H3,(H,21,24)(H,26,27). The van der Waals surface area contributed by atoms with E-state index >= 15 is 0 Å². The van der Waals surface area contributed by atoms with Crippen LogP contribution in [0.5, 0.6) is 0 Å². The SMILES string of the molecule is CC(C)c1cc(C(=O)Nc2cccc(C(=O)N3CCCCC3C(=O)O)c2)on1. The van der Waals surface area contributed by atoms with Crippen LogP contribution in [-0.2, 0) is 4.79 Å². The number of likely N-dealkylation sites (tertiary alicyclic amines) is 1. The van der Waals surface area contributed by atoms with Crippen molar-refractivity contribution in [1.29, 1.82) is 0 Å². The normalized spacial score (nSPS) is 16.8. The van der Waals surface area contributed by atoms with Crippen molar-refractivity contribution in [2.24, 2.45) is 0 Å². The molecule has 1 atom stereocenters. The number of carbonyl (C=O) groups excluding carboxylic acids is 2. The van der Waals surface area contributed by atoms with Crippen molar-refractivity contribution in [2.75, 3.05) is 11.9 Å². The molecule has 2 aromatic rings. The van der Waals surface area contributed by atoms with Crippen LogP contribution in [0.4, 0.5) is 5.69 Å². The van der Waals surface area contributed by atoms with E-state index in [0.29, 0.717) is 29.9 Å². The van der Waals surface area contributed by atoms with E-state index in [0.717, 1.165) is 12.8 Å². The minimum absolute atomic E-state index is 0.0856. The first-order chi connectivity index (χ1) is 13.4. The number of carbonyl (C=O) groups is 3. The summed E-state index contributed by atoms with van der Waals surface area (Å²) in [6.07, 6.45) is 2.00. The van der Waals surface area contributed by atoms with Gasteiger partial charge in [-0.1, -0.05) is 25.1 Å². The zero-order chi connectivity index (χ0) is 20.3. The Balaban J connectivity index is 1.75. The summed E-state index contributed by atoms with van der Waals surface area (Å²) in [7, 11) is 0. The maximum Gasteiger partial charge on any atom is 0.326 e. The fourth-order valence-corrected chi connectivity index (χ4v) is 3.19. The molecule has 1 aromatic carbocycles. The number of benzene rings is 1. The number of hydrogen-bond donors (Lipinski definition) is 2. The molecule has 148 valence electrons. The molecular weight excluding hydrogens is 362 g/mol. The first kappa shape index (κ1) is 19.6. The van der Waals surface area contributed by atoms with Crippen molar-refractivity contribution >= 4 is 23.5 Å². The molecule has 2 heterocycles. The first-order valence-electron chi connectivity index (χ1n) is 9.28. The van der Waals surface area contributed by atoms with Crippen molar-refractivity contribution in [2.45, 2.75) is 45.1 Å². The largest absolute Gasteiger partial charge is 0.480 e. The molecule has 0 bridgehead atoms. The maximum atomic E-state index is 12.8. The number of carboxylic acids is 1. The van der Waals surface area contributed by atoms with Crippen LogP contribution in [0.2, 0.25) is 0 Å². The number of nitrogens with one attached hydrogen (secondary N) is 1. The topological polar surface area (TPSA) is 113 Å². The van der Waals surface area contributed by atoms with Crippen molar-refractivity contribution in [3.63, 3.8) is 0 Å². The van der Waals surface area contributed by atoms with Gasteiger partial charge in [-0.3, -0.25) is 9.59 Å². The Labute approximate surface area is 162 Å². The maximum absolute atomic E-state index is 12.8. The van der Waals surface area contributed by atoms with E-state index in [1.54, 1.807) is 24.3 Å². The highest BCUT2D eigenvalue weighted by Crippen LogP contribution is 2.22. The Bertz CT molecular complexity index is 889. The molecule has 0 radical (unpaired) electrons. The molecular formula is C20H23N3O5. The van der Waals surface area contributed by atoms with Gasteiger partial charge in [-0.15, -0.1) is 0 Å². The van der Waals surface area contributed by atoms with Gasteiger partial charge in [0, 0.05) is 23.9 Å². The average molecular weight is 385 g/mol. The Morgan fingerprint density at radius 2 is 2.04 bits per heavy atom. The monoisotopic (exact) mass is 385 g/mol. The van der Waals surface area contributed by atoms with Crippen molar-refractivity contribution in [3.05, 3.63) is 47.3 Å². The van der Waals surface area contributed by atoms with Crippen LogP contribution >= 0.6 is 0 Å². The fourth-order valence-electron chi connectivity index (χ4n) is 3.19. The zero-order valence-electron chi connectivity index (χ0n) is 15.8. The first-order valence-corrected chi connectivity index (χ1v) is 9.28. The van der Waals surface area contributed by atoms with Crippen LogP contribution in [0.3, 0.4) is 0 Å². The van der Waals surface area contributed by atoms with Gasteiger partial charge in [0.1, 0.15) is 6.04 Å². The van der Waals surface area contributed by atoms with Gasteiger partial charge in [-0.25, -0.2) is 4.79 Å². The number of nitrogens with zero attached hydrogens (tertiary/aromatic N) is 2. The summed E-state index contributed by atoms with van der Waals surface area (Å²) >= 11 is 0. The molecule has 1 aliphatic rings. The highest BCUT2D eigenvalue weighted by molar-refractivity contribution is 6.03. The highest BCUT2D eigenvalue weighted by Gasteiger charge is 2.32. The molecule has 2 N–H and O–H groups in total. The zero-order valence-corrected chi connectivity index (χ0v) is 15.8. The quantitative estimate of drug-likeness (QED) is 0.818. The minimum atomic E-state index is -0.996. The Morgan fingerprint density at radius 1 is 1.25 bits per heavy atom. The summed E-state index contributed by atoms with van der Waals surface area (Å²) in [6.45, 7) is 4.29. The Kier molecular flexibility index (Phi) is 5.77. The van der Waals surface area contributed by atoms with E-state index in [9.17, 15) is 19.5 Å². The molecule has 1 aromatic heterocycles. The summed E-state index contributed by atoms with van der Waals surface area (Å²) in [5, 5.41) is 15.9. The molecule has 3 rings (SSSR count). The van der Waals surface area contributed by atoms with E-state index in [-0.39, 0.29) is 17.6 Å². The molecule has 28 heavy (non-hydrogen) atoms. The van der Waals surface area contributed by atoms with Gasteiger partial charge in [-0.05, 0) is 43.4 Å². The molecule has 1 fully saturated rings. The van der Waals surface area contributed by atoms with Gasteiger partial charge < -0.3 is 19.8 Å². The van der Waals surface area contributed by atoms with Crippen LogP contribution in [0.1, 0.15) is 65.6 Å². The lowest BCUT2D eigenvalue weighted by Gasteiger charge is -2.33.